The zero-order valence-electron chi connectivity index (χ0n) is 17.5. The number of thiophene rings is 1. The van der Waals surface area contributed by atoms with E-state index in [-0.39, 0.29) is 17.8 Å². The quantitative estimate of drug-likeness (QED) is 0.497. The van der Waals surface area contributed by atoms with Crippen molar-refractivity contribution in [3.8, 4) is 0 Å². The number of carbonyl (C=O) groups is 1. The van der Waals surface area contributed by atoms with E-state index in [0.29, 0.717) is 11.3 Å². The smallest absolute Gasteiger partial charge is 0.270 e. The fourth-order valence-electron chi connectivity index (χ4n) is 4.32. The molecule has 0 bridgehead atoms. The highest BCUT2D eigenvalue weighted by atomic mass is 32.1. The van der Waals surface area contributed by atoms with Gasteiger partial charge >= 0.3 is 0 Å². The van der Waals surface area contributed by atoms with Gasteiger partial charge in [-0.05, 0) is 47.8 Å². The molecule has 1 amide bonds. The zero-order chi connectivity index (χ0) is 21.5. The van der Waals surface area contributed by atoms with E-state index in [0.717, 1.165) is 41.8 Å². The standard InChI is InChI=1S/C23H27N3O3S/c1-4-23(2,3)15-9-10-17-18(13-15)30-22-20(17)21(27)24-19(25-22)11-8-14-6-5-7-16(12-14)26(28)29/h5-8,11-12,15,19,25H,4,9-10,13H2,1-3H3,(H,24,27)/b11-8+/t15-,19-/m1/s1. The first-order valence-electron chi connectivity index (χ1n) is 10.4. The highest BCUT2D eigenvalue weighted by molar-refractivity contribution is 7.16. The first kappa shape index (κ1) is 20.6. The second-order valence-corrected chi connectivity index (χ2v) is 9.90. The Bertz CT molecular complexity index is 1020. The largest absolute Gasteiger partial charge is 0.353 e. The summed E-state index contributed by atoms with van der Waals surface area (Å²) in [5.74, 6) is 0.603. The van der Waals surface area contributed by atoms with Crippen LogP contribution in [0.2, 0.25) is 0 Å². The molecule has 1 aliphatic carbocycles. The molecule has 2 atom stereocenters. The van der Waals surface area contributed by atoms with Gasteiger partial charge in [-0.25, -0.2) is 0 Å². The Morgan fingerprint density at radius 1 is 1.33 bits per heavy atom. The molecule has 4 rings (SSSR count). The number of hydrogen-bond acceptors (Lipinski definition) is 5. The fourth-order valence-corrected chi connectivity index (χ4v) is 5.68. The van der Waals surface area contributed by atoms with Gasteiger partial charge in [0.05, 0.1) is 10.5 Å². The number of benzene rings is 1. The number of carbonyl (C=O) groups excluding carboxylic acids is 1. The summed E-state index contributed by atoms with van der Waals surface area (Å²) in [6.45, 7) is 6.94. The molecular formula is C23H27N3O3S. The predicted octanol–water partition coefficient (Wildman–Crippen LogP) is 5.39. The molecule has 7 heteroatoms. The molecule has 2 N–H and O–H groups in total. The summed E-state index contributed by atoms with van der Waals surface area (Å²) >= 11 is 1.71. The Hall–Kier alpha value is -2.67. The molecule has 158 valence electrons. The Morgan fingerprint density at radius 3 is 2.87 bits per heavy atom. The van der Waals surface area contributed by atoms with Gasteiger partial charge in [0.15, 0.2) is 0 Å². The van der Waals surface area contributed by atoms with Gasteiger partial charge in [-0.3, -0.25) is 14.9 Å². The van der Waals surface area contributed by atoms with Gasteiger partial charge in [0.1, 0.15) is 11.2 Å². The number of anilines is 1. The summed E-state index contributed by atoms with van der Waals surface area (Å²) in [7, 11) is 0. The molecule has 1 aliphatic heterocycles. The van der Waals surface area contributed by atoms with Gasteiger partial charge < -0.3 is 10.6 Å². The van der Waals surface area contributed by atoms with Crippen LogP contribution in [0.5, 0.6) is 0 Å². The molecule has 2 aromatic rings. The Labute approximate surface area is 180 Å². The minimum atomic E-state index is -0.409. The van der Waals surface area contributed by atoms with Crippen LogP contribution in [0.25, 0.3) is 6.08 Å². The first-order valence-corrected chi connectivity index (χ1v) is 11.2. The van der Waals surface area contributed by atoms with Crippen LogP contribution in [0.4, 0.5) is 10.7 Å². The second kappa shape index (κ2) is 7.87. The van der Waals surface area contributed by atoms with Crippen molar-refractivity contribution in [3.05, 3.63) is 62.0 Å². The van der Waals surface area contributed by atoms with E-state index >= 15 is 0 Å². The lowest BCUT2D eigenvalue weighted by molar-refractivity contribution is -0.384. The van der Waals surface area contributed by atoms with Gasteiger partial charge in [-0.15, -0.1) is 11.3 Å². The van der Waals surface area contributed by atoms with E-state index in [1.807, 2.05) is 6.08 Å². The van der Waals surface area contributed by atoms with E-state index in [1.165, 1.54) is 22.6 Å². The molecule has 0 saturated heterocycles. The molecule has 0 unspecified atom stereocenters. The van der Waals surface area contributed by atoms with Crippen LogP contribution in [-0.2, 0) is 12.8 Å². The number of nitro groups is 1. The maximum atomic E-state index is 12.9. The first-order chi connectivity index (χ1) is 14.3. The van der Waals surface area contributed by atoms with Crippen molar-refractivity contribution in [2.75, 3.05) is 5.32 Å². The van der Waals surface area contributed by atoms with Crippen molar-refractivity contribution in [1.29, 1.82) is 0 Å². The van der Waals surface area contributed by atoms with Gasteiger partial charge in [0, 0.05) is 17.0 Å². The zero-order valence-corrected chi connectivity index (χ0v) is 18.3. The van der Waals surface area contributed by atoms with Gasteiger partial charge in [0.25, 0.3) is 11.6 Å². The van der Waals surface area contributed by atoms with Gasteiger partial charge in [0.2, 0.25) is 0 Å². The normalized spacial score (nSPS) is 21.0. The number of nitrogens with zero attached hydrogens (tertiary/aromatic N) is 1. The van der Waals surface area contributed by atoms with E-state index < -0.39 is 4.92 Å². The van der Waals surface area contributed by atoms with E-state index in [1.54, 1.807) is 29.5 Å². The number of fused-ring (bicyclic) bond motifs is 3. The summed E-state index contributed by atoms with van der Waals surface area (Å²) in [5, 5.41) is 18.3. The molecule has 1 aromatic heterocycles. The molecule has 0 radical (unpaired) electrons. The van der Waals surface area contributed by atoms with Crippen LogP contribution in [0.1, 0.15) is 60.0 Å². The third-order valence-corrected chi connectivity index (χ3v) is 7.83. The van der Waals surface area contributed by atoms with Crippen LogP contribution >= 0.6 is 11.3 Å². The van der Waals surface area contributed by atoms with Crippen LogP contribution in [0, 0.1) is 21.4 Å². The summed E-state index contributed by atoms with van der Waals surface area (Å²) < 4.78 is 0. The molecular weight excluding hydrogens is 398 g/mol. The summed E-state index contributed by atoms with van der Waals surface area (Å²) in [4.78, 5) is 24.7. The van der Waals surface area contributed by atoms with E-state index in [2.05, 4.69) is 31.4 Å². The van der Waals surface area contributed by atoms with Crippen molar-refractivity contribution in [3.63, 3.8) is 0 Å². The molecule has 2 heterocycles. The highest BCUT2D eigenvalue weighted by Crippen LogP contribution is 2.46. The topological polar surface area (TPSA) is 84.3 Å². The van der Waals surface area contributed by atoms with Crippen LogP contribution in [0.3, 0.4) is 0 Å². The lowest BCUT2D eigenvalue weighted by Gasteiger charge is -2.36. The lowest BCUT2D eigenvalue weighted by Crippen LogP contribution is -2.43. The number of nitrogens with one attached hydrogen (secondary N) is 2. The second-order valence-electron chi connectivity index (χ2n) is 8.80. The molecule has 1 aromatic carbocycles. The minimum absolute atomic E-state index is 0.0388. The van der Waals surface area contributed by atoms with Crippen molar-refractivity contribution < 1.29 is 9.72 Å². The SMILES string of the molecule is CCC(C)(C)[C@@H]1CCc2c(sc3c2C(=O)N[C@@H](/C=C/c2cccc([N+](=O)[O-])c2)N3)C1. The number of non-ortho nitro benzene ring substituents is 1. The highest BCUT2D eigenvalue weighted by Gasteiger charge is 2.36. The average molecular weight is 426 g/mol. The molecule has 6 nitrogen and oxygen atoms in total. The number of rotatable bonds is 5. The maximum absolute atomic E-state index is 12.9. The molecule has 30 heavy (non-hydrogen) atoms. The van der Waals surface area contributed by atoms with Crippen LogP contribution in [-0.4, -0.2) is 17.0 Å². The van der Waals surface area contributed by atoms with Crippen molar-refractivity contribution in [2.24, 2.45) is 11.3 Å². The van der Waals surface area contributed by atoms with Crippen LogP contribution < -0.4 is 10.6 Å². The monoisotopic (exact) mass is 425 g/mol. The molecule has 0 saturated carbocycles. The van der Waals surface area contributed by atoms with Crippen molar-refractivity contribution >= 4 is 34.0 Å². The summed E-state index contributed by atoms with van der Waals surface area (Å²) in [6.07, 6.45) is 7.56. The van der Waals surface area contributed by atoms with E-state index in [4.69, 9.17) is 0 Å². The minimum Gasteiger partial charge on any atom is -0.353 e. The van der Waals surface area contributed by atoms with Crippen LogP contribution in [0.15, 0.2) is 30.3 Å². The molecule has 0 spiro atoms. The average Bonchev–Trinajstić information content (AvgIpc) is 3.10. The number of nitro benzene ring substituents is 1. The predicted molar refractivity (Wildman–Crippen MR) is 121 cm³/mol. The van der Waals surface area contributed by atoms with Gasteiger partial charge in [-0.2, -0.15) is 0 Å². The Kier molecular flexibility index (Phi) is 5.40. The third kappa shape index (κ3) is 3.86. The Balaban J connectivity index is 1.53. The molecule has 2 aliphatic rings. The Morgan fingerprint density at radius 2 is 2.13 bits per heavy atom. The van der Waals surface area contributed by atoms with Gasteiger partial charge in [-0.1, -0.05) is 45.4 Å². The van der Waals surface area contributed by atoms with E-state index in [9.17, 15) is 14.9 Å². The molecule has 0 fully saturated rings. The third-order valence-electron chi connectivity index (χ3n) is 6.64. The summed E-state index contributed by atoms with van der Waals surface area (Å²) in [6, 6.07) is 6.45. The maximum Gasteiger partial charge on any atom is 0.270 e. The number of hydrogen-bond donors (Lipinski definition) is 2. The van der Waals surface area contributed by atoms with Crippen molar-refractivity contribution in [1.82, 2.24) is 5.32 Å². The lowest BCUT2D eigenvalue weighted by atomic mass is 9.69. The number of amides is 1. The summed E-state index contributed by atoms with van der Waals surface area (Å²) in [5.41, 5.74) is 3.10. The van der Waals surface area contributed by atoms with Crippen molar-refractivity contribution in [2.45, 2.75) is 52.6 Å². The fraction of sp³-hybridized carbons (Fsp3) is 0.435.